The zero-order valence-corrected chi connectivity index (χ0v) is 17.4. The van der Waals surface area contributed by atoms with Crippen LogP contribution in [-0.4, -0.2) is 36.7 Å². The molecule has 4 rings (SSSR count). The second kappa shape index (κ2) is 8.44. The lowest BCUT2D eigenvalue weighted by Crippen LogP contribution is -2.27. The lowest BCUT2D eigenvalue weighted by Gasteiger charge is -2.15. The van der Waals surface area contributed by atoms with E-state index in [9.17, 15) is 13.2 Å². The van der Waals surface area contributed by atoms with Gasteiger partial charge in [-0.25, -0.2) is 13.4 Å². The quantitative estimate of drug-likeness (QED) is 0.649. The Morgan fingerprint density at radius 3 is 2.41 bits per heavy atom. The number of anilines is 1. The summed E-state index contributed by atoms with van der Waals surface area (Å²) in [5, 5.41) is 5.57. The molecule has 2 aromatic carbocycles. The number of hydrogen-bond donors (Lipinski definition) is 1. The van der Waals surface area contributed by atoms with Crippen molar-refractivity contribution in [3.63, 3.8) is 0 Å². The van der Waals surface area contributed by atoms with E-state index >= 15 is 0 Å². The third-order valence-electron chi connectivity index (χ3n) is 4.76. The van der Waals surface area contributed by atoms with Crippen LogP contribution in [0.2, 0.25) is 0 Å². The molecule has 0 bridgehead atoms. The first-order valence-electron chi connectivity index (χ1n) is 9.42. The minimum atomic E-state index is -3.44. The molecule has 1 fully saturated rings. The summed E-state index contributed by atoms with van der Waals surface area (Å²) in [5.41, 5.74) is 2.30. The van der Waals surface area contributed by atoms with Crippen LogP contribution in [0, 0.1) is 0 Å². The van der Waals surface area contributed by atoms with Crippen molar-refractivity contribution >= 4 is 33.0 Å². The first-order chi connectivity index (χ1) is 14.0. The van der Waals surface area contributed by atoms with Crippen molar-refractivity contribution in [1.82, 2.24) is 9.29 Å². The molecule has 1 amide bonds. The number of nitrogens with zero attached hydrogens (tertiary/aromatic N) is 2. The molecule has 150 valence electrons. The second-order valence-electron chi connectivity index (χ2n) is 6.87. The van der Waals surface area contributed by atoms with Gasteiger partial charge in [0.1, 0.15) is 5.01 Å². The molecule has 1 N–H and O–H groups in total. The van der Waals surface area contributed by atoms with Crippen molar-refractivity contribution in [3.8, 4) is 10.6 Å². The van der Waals surface area contributed by atoms with Gasteiger partial charge in [0.05, 0.1) is 17.0 Å². The normalized spacial score (nSPS) is 14.8. The summed E-state index contributed by atoms with van der Waals surface area (Å²) < 4.78 is 26.6. The van der Waals surface area contributed by atoms with Gasteiger partial charge in [-0.1, -0.05) is 30.3 Å². The van der Waals surface area contributed by atoms with E-state index in [1.54, 1.807) is 24.3 Å². The Morgan fingerprint density at radius 1 is 1.03 bits per heavy atom. The molecule has 0 radical (unpaired) electrons. The van der Waals surface area contributed by atoms with Crippen LogP contribution in [0.25, 0.3) is 10.6 Å². The summed E-state index contributed by atoms with van der Waals surface area (Å²) in [6, 6.07) is 16.2. The van der Waals surface area contributed by atoms with Gasteiger partial charge >= 0.3 is 0 Å². The number of benzene rings is 2. The Bertz CT molecular complexity index is 1090. The molecule has 3 aromatic rings. The Kier molecular flexibility index (Phi) is 5.75. The summed E-state index contributed by atoms with van der Waals surface area (Å²) in [7, 11) is -3.44. The number of thiazole rings is 1. The second-order valence-corrected chi connectivity index (χ2v) is 9.67. The van der Waals surface area contributed by atoms with Crippen LogP contribution in [0.5, 0.6) is 0 Å². The van der Waals surface area contributed by atoms with E-state index in [1.165, 1.54) is 15.6 Å². The van der Waals surface area contributed by atoms with Gasteiger partial charge in [0.15, 0.2) is 0 Å². The summed E-state index contributed by atoms with van der Waals surface area (Å²) in [6.07, 6.45) is 1.96. The van der Waals surface area contributed by atoms with Crippen LogP contribution in [0.4, 0.5) is 5.69 Å². The summed E-state index contributed by atoms with van der Waals surface area (Å²) in [6.45, 7) is 1.14. The van der Waals surface area contributed by atoms with Crippen LogP contribution in [0.15, 0.2) is 64.9 Å². The maximum atomic E-state index is 12.6. The van der Waals surface area contributed by atoms with Crippen molar-refractivity contribution in [2.24, 2.45) is 0 Å². The molecule has 29 heavy (non-hydrogen) atoms. The van der Waals surface area contributed by atoms with Crippen molar-refractivity contribution in [2.45, 2.75) is 24.2 Å². The Balaban J connectivity index is 1.38. The molecule has 0 aliphatic carbocycles. The van der Waals surface area contributed by atoms with Gasteiger partial charge in [-0.15, -0.1) is 11.3 Å². The molecule has 0 atom stereocenters. The number of rotatable bonds is 6. The predicted octanol–water partition coefficient (Wildman–Crippen LogP) is 3.78. The Hall–Kier alpha value is -2.55. The molecule has 0 saturated carbocycles. The number of carbonyl (C=O) groups excluding carboxylic acids is 1. The number of hydrogen-bond acceptors (Lipinski definition) is 5. The molecule has 1 aliphatic rings. The van der Waals surface area contributed by atoms with E-state index in [0.717, 1.165) is 23.4 Å². The van der Waals surface area contributed by atoms with E-state index in [2.05, 4.69) is 10.3 Å². The Morgan fingerprint density at radius 2 is 1.72 bits per heavy atom. The minimum Gasteiger partial charge on any atom is -0.326 e. The first kappa shape index (κ1) is 19.8. The molecule has 1 aromatic heterocycles. The van der Waals surface area contributed by atoms with E-state index in [0.29, 0.717) is 24.5 Å². The van der Waals surface area contributed by atoms with Crippen LogP contribution in [0.3, 0.4) is 0 Å². The summed E-state index contributed by atoms with van der Waals surface area (Å²) in [4.78, 5) is 17.1. The van der Waals surface area contributed by atoms with Crippen molar-refractivity contribution in [1.29, 1.82) is 0 Å². The molecule has 0 spiro atoms. The van der Waals surface area contributed by atoms with Gasteiger partial charge in [0.25, 0.3) is 0 Å². The molecular formula is C21H21N3O3S2. The maximum Gasteiger partial charge on any atom is 0.243 e. The third-order valence-corrected chi connectivity index (χ3v) is 7.61. The van der Waals surface area contributed by atoms with E-state index < -0.39 is 10.0 Å². The lowest BCUT2D eigenvalue weighted by atomic mass is 10.2. The number of sulfonamides is 1. The highest BCUT2D eigenvalue weighted by Gasteiger charge is 2.26. The zero-order valence-electron chi connectivity index (χ0n) is 15.7. The number of carbonyl (C=O) groups is 1. The average molecular weight is 428 g/mol. The van der Waals surface area contributed by atoms with Crippen molar-refractivity contribution in [2.75, 3.05) is 18.4 Å². The highest BCUT2D eigenvalue weighted by atomic mass is 32.2. The topological polar surface area (TPSA) is 79.4 Å². The maximum absolute atomic E-state index is 12.6. The van der Waals surface area contributed by atoms with Gasteiger partial charge in [0.2, 0.25) is 15.9 Å². The molecule has 6 nitrogen and oxygen atoms in total. The van der Waals surface area contributed by atoms with E-state index in [-0.39, 0.29) is 17.2 Å². The van der Waals surface area contributed by atoms with E-state index in [4.69, 9.17) is 0 Å². The average Bonchev–Trinajstić information content (AvgIpc) is 3.42. The fourth-order valence-corrected chi connectivity index (χ4v) is 5.60. The summed E-state index contributed by atoms with van der Waals surface area (Å²) in [5.74, 6) is -0.190. The summed E-state index contributed by atoms with van der Waals surface area (Å²) >= 11 is 1.51. The van der Waals surface area contributed by atoms with Crippen LogP contribution < -0.4 is 5.32 Å². The van der Waals surface area contributed by atoms with Crippen molar-refractivity contribution in [3.05, 3.63) is 65.7 Å². The Labute approximate surface area is 174 Å². The van der Waals surface area contributed by atoms with Crippen LogP contribution in [-0.2, 0) is 21.2 Å². The fraction of sp³-hybridized carbons (Fsp3) is 0.238. The van der Waals surface area contributed by atoms with Crippen LogP contribution in [0.1, 0.15) is 18.5 Å². The SMILES string of the molecule is O=C(Cc1csc(-c2ccccc2)n1)Nc1ccc(S(=O)(=O)N2CCCC2)cc1. The third kappa shape index (κ3) is 4.55. The van der Waals surface area contributed by atoms with Gasteiger partial charge < -0.3 is 5.32 Å². The van der Waals surface area contributed by atoms with Gasteiger partial charge in [-0.2, -0.15) is 4.31 Å². The standard InChI is InChI=1S/C21H21N3O3S2/c25-20(14-18-15-28-21(23-18)16-6-2-1-3-7-16)22-17-8-10-19(11-9-17)29(26,27)24-12-4-5-13-24/h1-3,6-11,15H,4-5,12-14H2,(H,22,25). The molecule has 0 unspecified atom stereocenters. The minimum absolute atomic E-state index is 0.164. The first-order valence-corrected chi connectivity index (χ1v) is 11.7. The van der Waals surface area contributed by atoms with Gasteiger partial charge in [-0.05, 0) is 37.1 Å². The molecular weight excluding hydrogens is 406 g/mol. The molecule has 2 heterocycles. The zero-order chi connectivity index (χ0) is 20.3. The largest absolute Gasteiger partial charge is 0.326 e. The number of nitrogens with one attached hydrogen (secondary N) is 1. The number of amides is 1. The molecule has 8 heteroatoms. The van der Waals surface area contributed by atoms with E-state index in [1.807, 2.05) is 35.7 Å². The monoisotopic (exact) mass is 427 g/mol. The molecule has 1 aliphatic heterocycles. The smallest absolute Gasteiger partial charge is 0.243 e. The lowest BCUT2D eigenvalue weighted by molar-refractivity contribution is -0.115. The van der Waals surface area contributed by atoms with Gasteiger partial charge in [-0.3, -0.25) is 4.79 Å². The highest BCUT2D eigenvalue weighted by Crippen LogP contribution is 2.24. The highest BCUT2D eigenvalue weighted by molar-refractivity contribution is 7.89. The van der Waals surface area contributed by atoms with Gasteiger partial charge in [0, 0.05) is 29.7 Å². The molecule has 1 saturated heterocycles. The van der Waals surface area contributed by atoms with Crippen LogP contribution >= 0.6 is 11.3 Å². The number of aromatic nitrogens is 1. The van der Waals surface area contributed by atoms with Crippen molar-refractivity contribution < 1.29 is 13.2 Å². The fourth-order valence-electron chi connectivity index (χ4n) is 3.26. The predicted molar refractivity (Wildman–Crippen MR) is 114 cm³/mol.